The number of nitrogens with zero attached hydrogens (tertiary/aromatic N) is 1. The van der Waals surface area contributed by atoms with Crippen LogP contribution in [-0.4, -0.2) is 16.8 Å². The first-order valence-electron chi connectivity index (χ1n) is 7.01. The zero-order valence-electron chi connectivity index (χ0n) is 13.4. The van der Waals surface area contributed by atoms with E-state index in [1.807, 2.05) is 0 Å². The lowest BCUT2D eigenvalue weighted by atomic mass is 10.3. The Hall–Kier alpha value is -1.38. The van der Waals surface area contributed by atoms with Crippen molar-refractivity contribution in [3.05, 3.63) is 62.3 Å². The van der Waals surface area contributed by atoms with Gasteiger partial charge in [-0.15, -0.1) is 26.4 Å². The van der Waals surface area contributed by atoms with Gasteiger partial charge < -0.3 is 0 Å². The quantitative estimate of drug-likeness (QED) is 0.336. The minimum atomic E-state index is -5.28. The van der Waals surface area contributed by atoms with Crippen LogP contribution in [0.5, 0.6) is 0 Å². The molecule has 0 amide bonds. The SMILES string of the molecule is O=S(=O)(c1ccc(Cl)s1)N(c1c(F)c(F)cc(F)c1F)S(=O)(=O)c1ccc(Cl)s1. The lowest BCUT2D eigenvalue weighted by Gasteiger charge is -2.23. The van der Waals surface area contributed by atoms with Gasteiger partial charge in [0.25, 0.3) is 20.0 Å². The second-order valence-electron chi connectivity index (χ2n) is 5.14. The third-order valence-electron chi connectivity index (χ3n) is 3.31. The average Bonchev–Trinajstić information content (AvgIpc) is 3.25. The van der Waals surface area contributed by atoms with E-state index in [-0.39, 0.29) is 14.7 Å². The molecule has 156 valence electrons. The highest BCUT2D eigenvalue weighted by molar-refractivity contribution is 8.11. The van der Waals surface area contributed by atoms with E-state index < -0.39 is 61.1 Å². The summed E-state index contributed by atoms with van der Waals surface area (Å²) in [5, 5.41) is 0. The third kappa shape index (κ3) is 3.86. The molecule has 2 heterocycles. The van der Waals surface area contributed by atoms with Crippen molar-refractivity contribution >= 4 is 71.6 Å². The van der Waals surface area contributed by atoms with E-state index >= 15 is 0 Å². The van der Waals surface area contributed by atoms with E-state index in [0.29, 0.717) is 22.7 Å². The molecule has 0 N–H and O–H groups in total. The van der Waals surface area contributed by atoms with Gasteiger partial charge in [-0.2, -0.15) is 16.8 Å². The van der Waals surface area contributed by atoms with Gasteiger partial charge in [0.2, 0.25) is 0 Å². The van der Waals surface area contributed by atoms with Crippen molar-refractivity contribution in [1.82, 2.24) is 0 Å². The van der Waals surface area contributed by atoms with Gasteiger partial charge in [-0.05, 0) is 24.3 Å². The topological polar surface area (TPSA) is 71.5 Å². The first-order chi connectivity index (χ1) is 13.4. The van der Waals surface area contributed by atoms with Crippen molar-refractivity contribution in [2.24, 2.45) is 0 Å². The average molecular weight is 526 g/mol. The largest absolute Gasteiger partial charge is 0.287 e. The second kappa shape index (κ2) is 7.71. The number of hydrogen-bond acceptors (Lipinski definition) is 6. The fraction of sp³-hybridized carbons (Fsp3) is 0. The highest BCUT2D eigenvalue weighted by Gasteiger charge is 2.43. The van der Waals surface area contributed by atoms with Crippen LogP contribution in [0.4, 0.5) is 23.2 Å². The van der Waals surface area contributed by atoms with Crippen LogP contribution in [0.15, 0.2) is 38.8 Å². The molecule has 1 aromatic carbocycles. The first kappa shape index (κ1) is 22.3. The maximum atomic E-state index is 14.4. The van der Waals surface area contributed by atoms with Crippen molar-refractivity contribution < 1.29 is 34.4 Å². The molecule has 0 radical (unpaired) electrons. The van der Waals surface area contributed by atoms with Crippen molar-refractivity contribution in [1.29, 1.82) is 0 Å². The summed E-state index contributed by atoms with van der Waals surface area (Å²) in [5.74, 6) is -8.44. The molecule has 0 fully saturated rings. The number of sulfonamides is 2. The van der Waals surface area contributed by atoms with Crippen LogP contribution in [0.25, 0.3) is 0 Å². The van der Waals surface area contributed by atoms with Crippen LogP contribution in [0.3, 0.4) is 0 Å². The highest BCUT2D eigenvalue weighted by Crippen LogP contribution is 2.40. The van der Waals surface area contributed by atoms with E-state index in [1.165, 1.54) is 0 Å². The summed E-state index contributed by atoms with van der Waals surface area (Å²) < 4.78 is 106. The van der Waals surface area contributed by atoms with Crippen molar-refractivity contribution in [3.8, 4) is 0 Å². The van der Waals surface area contributed by atoms with E-state index in [2.05, 4.69) is 0 Å². The number of thiophene rings is 2. The van der Waals surface area contributed by atoms with Gasteiger partial charge >= 0.3 is 0 Å². The maximum absolute atomic E-state index is 14.4. The van der Waals surface area contributed by atoms with Gasteiger partial charge in [0.05, 0.1) is 8.67 Å². The molecule has 29 heavy (non-hydrogen) atoms. The maximum Gasteiger partial charge on any atom is 0.287 e. The number of rotatable bonds is 5. The third-order valence-corrected chi connectivity index (χ3v) is 10.8. The van der Waals surface area contributed by atoms with Gasteiger partial charge in [-0.25, -0.2) is 17.6 Å². The minimum absolute atomic E-state index is 0.0912. The molecular weight excluding hydrogens is 521 g/mol. The highest BCUT2D eigenvalue weighted by atomic mass is 35.5. The smallest absolute Gasteiger partial charge is 0.204 e. The van der Waals surface area contributed by atoms with Crippen LogP contribution in [-0.2, 0) is 20.0 Å². The monoisotopic (exact) mass is 525 g/mol. The molecule has 3 rings (SSSR count). The summed E-state index contributed by atoms with van der Waals surface area (Å²) >= 11 is 12.1. The summed E-state index contributed by atoms with van der Waals surface area (Å²) in [4.78, 5) is 0. The van der Waals surface area contributed by atoms with Crippen molar-refractivity contribution in [2.45, 2.75) is 8.42 Å². The van der Waals surface area contributed by atoms with E-state index in [1.54, 1.807) is 0 Å². The van der Waals surface area contributed by atoms with Gasteiger partial charge in [-0.1, -0.05) is 23.2 Å². The van der Waals surface area contributed by atoms with Crippen LogP contribution < -0.4 is 3.71 Å². The number of benzene rings is 1. The van der Waals surface area contributed by atoms with Crippen LogP contribution in [0.1, 0.15) is 0 Å². The predicted molar refractivity (Wildman–Crippen MR) is 102 cm³/mol. The summed E-state index contributed by atoms with van der Waals surface area (Å²) in [5.41, 5.74) is -1.96. The Labute approximate surface area is 179 Å². The van der Waals surface area contributed by atoms with Crippen LogP contribution in [0.2, 0.25) is 8.67 Å². The van der Waals surface area contributed by atoms with Gasteiger partial charge in [-0.3, -0.25) is 0 Å². The molecule has 0 atom stereocenters. The fourth-order valence-corrected chi connectivity index (χ4v) is 9.19. The number of halogens is 6. The van der Waals surface area contributed by atoms with Crippen LogP contribution in [0, 0.1) is 23.3 Å². The molecule has 5 nitrogen and oxygen atoms in total. The molecule has 0 saturated heterocycles. The minimum Gasteiger partial charge on any atom is -0.204 e. The Morgan fingerprint density at radius 1 is 0.724 bits per heavy atom. The Morgan fingerprint density at radius 2 is 1.10 bits per heavy atom. The molecule has 0 saturated carbocycles. The van der Waals surface area contributed by atoms with Gasteiger partial charge in [0.1, 0.15) is 14.1 Å². The van der Waals surface area contributed by atoms with E-state index in [4.69, 9.17) is 23.2 Å². The predicted octanol–water partition coefficient (Wildman–Crippen LogP) is 5.26. The molecule has 0 aliphatic carbocycles. The fourth-order valence-electron chi connectivity index (χ4n) is 2.13. The normalized spacial score (nSPS) is 12.3. The standard InChI is InChI=1S/C14H5Cl2F4NO4S4/c15-8-1-3-10(26-8)28(22,23)21(29(24,25)11-4-2-9(16)27-11)14-12(19)6(17)5-7(18)13(14)20/h1-5H. The summed E-state index contributed by atoms with van der Waals surface area (Å²) in [6, 6.07) is 3.74. The number of hydrogen-bond donors (Lipinski definition) is 0. The Kier molecular flexibility index (Phi) is 5.93. The molecule has 2 aromatic heterocycles. The molecule has 3 aromatic rings. The Morgan fingerprint density at radius 3 is 1.41 bits per heavy atom. The van der Waals surface area contributed by atoms with Crippen molar-refractivity contribution in [2.75, 3.05) is 3.71 Å². The molecule has 0 bridgehead atoms. The Bertz CT molecular complexity index is 1220. The molecule has 0 spiro atoms. The Balaban J connectivity index is 2.42. The lowest BCUT2D eigenvalue weighted by Crippen LogP contribution is -2.38. The summed E-state index contributed by atoms with van der Waals surface area (Å²) in [6.07, 6.45) is 0. The first-order valence-corrected chi connectivity index (χ1v) is 12.3. The molecule has 0 aliphatic rings. The van der Waals surface area contributed by atoms with Gasteiger partial charge in [0.15, 0.2) is 23.3 Å². The van der Waals surface area contributed by atoms with Crippen LogP contribution >= 0.6 is 45.9 Å². The molecular formula is C14H5Cl2F4NO4S4. The molecule has 0 aliphatic heterocycles. The second-order valence-corrected chi connectivity index (χ2v) is 12.8. The molecule has 0 unspecified atom stereocenters. The zero-order valence-corrected chi connectivity index (χ0v) is 18.1. The number of anilines is 1. The molecule has 15 heteroatoms. The zero-order chi connectivity index (χ0) is 21.7. The lowest BCUT2D eigenvalue weighted by molar-refractivity contribution is 0.457. The van der Waals surface area contributed by atoms with Gasteiger partial charge in [0, 0.05) is 6.07 Å². The van der Waals surface area contributed by atoms with E-state index in [9.17, 15) is 34.4 Å². The summed E-state index contributed by atoms with van der Waals surface area (Å²) in [7, 11) is -10.6. The van der Waals surface area contributed by atoms with Crippen molar-refractivity contribution in [3.63, 3.8) is 0 Å². The summed E-state index contributed by atoms with van der Waals surface area (Å²) in [6.45, 7) is 0. The van der Waals surface area contributed by atoms with E-state index in [0.717, 1.165) is 24.3 Å².